The number of hydrogen-bond donors (Lipinski definition) is 2. The molecule has 0 aromatic heterocycles. The van der Waals surface area contributed by atoms with Crippen molar-refractivity contribution in [1.82, 2.24) is 15.2 Å². The van der Waals surface area contributed by atoms with Crippen LogP contribution in [0.2, 0.25) is 0 Å². The van der Waals surface area contributed by atoms with Gasteiger partial charge in [-0.2, -0.15) is 0 Å². The highest BCUT2D eigenvalue weighted by Gasteiger charge is 2.31. The molecule has 0 spiro atoms. The highest BCUT2D eigenvalue weighted by Crippen LogP contribution is 2.20. The molecule has 0 saturated carbocycles. The van der Waals surface area contributed by atoms with E-state index in [4.69, 9.17) is 5.84 Å². The van der Waals surface area contributed by atoms with E-state index in [1.54, 1.807) is 0 Å². The van der Waals surface area contributed by atoms with Crippen LogP contribution in [-0.4, -0.2) is 55.6 Å². The lowest BCUT2D eigenvalue weighted by Gasteiger charge is -2.38. The summed E-state index contributed by atoms with van der Waals surface area (Å²) in [6, 6.07) is 0.924. The van der Waals surface area contributed by atoms with Crippen LogP contribution in [0, 0.1) is 5.92 Å². The van der Waals surface area contributed by atoms with Gasteiger partial charge in [-0.25, -0.2) is 0 Å². The summed E-state index contributed by atoms with van der Waals surface area (Å²) in [6.45, 7) is 8.01. The minimum atomic E-state index is 0.399. The van der Waals surface area contributed by atoms with Crippen LogP contribution >= 0.6 is 0 Å². The van der Waals surface area contributed by atoms with Crippen molar-refractivity contribution in [2.75, 3.05) is 33.7 Å². The lowest BCUT2D eigenvalue weighted by molar-refractivity contribution is 0.139. The van der Waals surface area contributed by atoms with Gasteiger partial charge in [0.05, 0.1) is 0 Å². The third-order valence-electron chi connectivity index (χ3n) is 4.28. The quantitative estimate of drug-likeness (QED) is 0.555. The molecule has 0 aromatic carbocycles. The van der Waals surface area contributed by atoms with Gasteiger partial charge in [0.25, 0.3) is 0 Å². The van der Waals surface area contributed by atoms with E-state index < -0.39 is 0 Å². The first-order valence-electron chi connectivity index (χ1n) is 6.98. The summed E-state index contributed by atoms with van der Waals surface area (Å²) in [5.74, 6) is 6.48. The lowest BCUT2D eigenvalue weighted by atomic mass is 9.88. The summed E-state index contributed by atoms with van der Waals surface area (Å²) >= 11 is 0. The zero-order valence-corrected chi connectivity index (χ0v) is 11.9. The Bertz CT molecular complexity index is 206. The normalized spacial score (nSPS) is 26.1. The highest BCUT2D eigenvalue weighted by molar-refractivity contribution is 4.89. The molecule has 2 atom stereocenters. The maximum atomic E-state index is 5.82. The van der Waals surface area contributed by atoms with Gasteiger partial charge in [-0.1, -0.05) is 26.7 Å². The predicted octanol–water partition coefficient (Wildman–Crippen LogP) is 0.890. The van der Waals surface area contributed by atoms with Crippen LogP contribution in [0.5, 0.6) is 0 Å². The molecular formula is C13H30N4. The Morgan fingerprint density at radius 3 is 2.41 bits per heavy atom. The Labute approximate surface area is 106 Å². The molecule has 4 heteroatoms. The molecule has 1 rings (SSSR count). The van der Waals surface area contributed by atoms with E-state index in [-0.39, 0.29) is 0 Å². The first-order chi connectivity index (χ1) is 8.13. The van der Waals surface area contributed by atoms with E-state index >= 15 is 0 Å². The third-order valence-corrected chi connectivity index (χ3v) is 4.28. The molecule has 17 heavy (non-hydrogen) atoms. The second kappa shape index (κ2) is 7.31. The van der Waals surface area contributed by atoms with E-state index in [1.807, 2.05) is 0 Å². The molecule has 0 amide bonds. The number of likely N-dealkylation sites (N-methyl/N-ethyl adjacent to an activating group) is 2. The monoisotopic (exact) mass is 242 g/mol. The smallest absolute Gasteiger partial charge is 0.0406 e. The minimum Gasteiger partial charge on any atom is -0.305 e. The summed E-state index contributed by atoms with van der Waals surface area (Å²) in [7, 11) is 4.45. The van der Waals surface area contributed by atoms with Gasteiger partial charge in [0.15, 0.2) is 0 Å². The van der Waals surface area contributed by atoms with Gasteiger partial charge in [-0.15, -0.1) is 0 Å². The van der Waals surface area contributed by atoms with Gasteiger partial charge in [0, 0.05) is 18.6 Å². The molecule has 3 N–H and O–H groups in total. The second-order valence-electron chi connectivity index (χ2n) is 5.43. The molecule has 1 aliphatic heterocycles. The van der Waals surface area contributed by atoms with E-state index in [1.165, 1.54) is 32.4 Å². The third kappa shape index (κ3) is 3.91. The molecule has 0 aliphatic carbocycles. The van der Waals surface area contributed by atoms with Crippen LogP contribution in [0.3, 0.4) is 0 Å². The Morgan fingerprint density at radius 1 is 1.24 bits per heavy atom. The maximum Gasteiger partial charge on any atom is 0.0406 e. The van der Waals surface area contributed by atoms with Crippen LogP contribution in [0.15, 0.2) is 0 Å². The zero-order chi connectivity index (χ0) is 12.8. The van der Waals surface area contributed by atoms with Gasteiger partial charge in [0.1, 0.15) is 0 Å². The average molecular weight is 242 g/mol. The SMILES string of the molecule is CCC(CC)C(NN)C1CN(C)CCCN1C. The highest BCUT2D eigenvalue weighted by atomic mass is 15.3. The van der Waals surface area contributed by atoms with Gasteiger partial charge in [-0.3, -0.25) is 11.3 Å². The summed E-state index contributed by atoms with van der Waals surface area (Å²) in [4.78, 5) is 4.91. The van der Waals surface area contributed by atoms with Crippen LogP contribution in [0.4, 0.5) is 0 Å². The average Bonchev–Trinajstić information content (AvgIpc) is 2.48. The molecule has 4 nitrogen and oxygen atoms in total. The van der Waals surface area contributed by atoms with Crippen molar-refractivity contribution in [2.45, 2.75) is 45.2 Å². The topological polar surface area (TPSA) is 44.5 Å². The number of nitrogens with one attached hydrogen (secondary N) is 1. The zero-order valence-electron chi connectivity index (χ0n) is 11.9. The Hall–Kier alpha value is -0.160. The fourth-order valence-corrected chi connectivity index (χ4v) is 3.05. The minimum absolute atomic E-state index is 0.399. The van der Waals surface area contributed by atoms with Crippen molar-refractivity contribution < 1.29 is 0 Å². The van der Waals surface area contributed by atoms with E-state index in [2.05, 4.69) is 43.2 Å². The second-order valence-corrected chi connectivity index (χ2v) is 5.43. The van der Waals surface area contributed by atoms with Crippen LogP contribution in [0.1, 0.15) is 33.1 Å². The van der Waals surface area contributed by atoms with Crippen molar-refractivity contribution in [2.24, 2.45) is 11.8 Å². The van der Waals surface area contributed by atoms with Crippen LogP contribution < -0.4 is 11.3 Å². The van der Waals surface area contributed by atoms with E-state index in [0.29, 0.717) is 18.0 Å². The van der Waals surface area contributed by atoms with Crippen molar-refractivity contribution >= 4 is 0 Å². The maximum absolute atomic E-state index is 5.82. The molecule has 1 aliphatic rings. The largest absolute Gasteiger partial charge is 0.305 e. The number of rotatable bonds is 5. The van der Waals surface area contributed by atoms with Gasteiger partial charge < -0.3 is 9.80 Å². The Balaban J connectivity index is 2.75. The van der Waals surface area contributed by atoms with Gasteiger partial charge >= 0.3 is 0 Å². The van der Waals surface area contributed by atoms with Gasteiger partial charge in [-0.05, 0) is 39.5 Å². The number of nitrogens with two attached hydrogens (primary N) is 1. The number of nitrogens with zero attached hydrogens (tertiary/aromatic N) is 2. The first-order valence-corrected chi connectivity index (χ1v) is 6.98. The molecule has 102 valence electrons. The Kier molecular flexibility index (Phi) is 6.41. The molecule has 2 unspecified atom stereocenters. The standard InChI is InChI=1S/C13H30N4/c1-5-11(6-2)13(15-14)12-10-16(3)8-7-9-17(12)4/h11-13,15H,5-10,14H2,1-4H3. The number of hydrogen-bond acceptors (Lipinski definition) is 4. The van der Waals surface area contributed by atoms with Crippen molar-refractivity contribution in [3.63, 3.8) is 0 Å². The lowest BCUT2D eigenvalue weighted by Crippen LogP contribution is -2.57. The van der Waals surface area contributed by atoms with Crippen LogP contribution in [0.25, 0.3) is 0 Å². The fourth-order valence-electron chi connectivity index (χ4n) is 3.05. The van der Waals surface area contributed by atoms with Crippen molar-refractivity contribution in [3.05, 3.63) is 0 Å². The summed E-state index contributed by atoms with van der Waals surface area (Å²) in [6.07, 6.45) is 3.64. The van der Waals surface area contributed by atoms with Crippen LogP contribution in [-0.2, 0) is 0 Å². The molecular weight excluding hydrogens is 212 g/mol. The summed E-state index contributed by atoms with van der Waals surface area (Å²) in [5.41, 5.74) is 3.08. The van der Waals surface area contributed by atoms with E-state index in [0.717, 1.165) is 6.54 Å². The molecule has 1 fully saturated rings. The Morgan fingerprint density at radius 2 is 1.88 bits per heavy atom. The summed E-state index contributed by atoms with van der Waals surface area (Å²) < 4.78 is 0. The number of hydrazine groups is 1. The molecule has 0 bridgehead atoms. The van der Waals surface area contributed by atoms with E-state index in [9.17, 15) is 0 Å². The van der Waals surface area contributed by atoms with Crippen molar-refractivity contribution in [1.29, 1.82) is 0 Å². The summed E-state index contributed by atoms with van der Waals surface area (Å²) in [5, 5.41) is 0. The molecule has 0 aromatic rings. The van der Waals surface area contributed by atoms with Crippen molar-refractivity contribution in [3.8, 4) is 0 Å². The molecule has 1 heterocycles. The fraction of sp³-hybridized carbons (Fsp3) is 1.00. The predicted molar refractivity (Wildman–Crippen MR) is 73.7 cm³/mol. The molecule has 1 saturated heterocycles. The molecule has 0 radical (unpaired) electrons. The van der Waals surface area contributed by atoms with Gasteiger partial charge in [0.2, 0.25) is 0 Å². The first kappa shape index (κ1) is 14.9.